The van der Waals surface area contributed by atoms with Gasteiger partial charge >= 0.3 is 0 Å². The summed E-state index contributed by atoms with van der Waals surface area (Å²) in [5.41, 5.74) is 2.88. The van der Waals surface area contributed by atoms with E-state index in [2.05, 4.69) is 4.98 Å². The van der Waals surface area contributed by atoms with E-state index in [0.29, 0.717) is 55.5 Å². The quantitative estimate of drug-likeness (QED) is 0.149. The van der Waals surface area contributed by atoms with Crippen molar-refractivity contribution in [3.63, 3.8) is 0 Å². The Labute approximate surface area is 406 Å². The van der Waals surface area contributed by atoms with Crippen molar-refractivity contribution in [2.24, 2.45) is 0 Å². The number of nitrogens with zero attached hydrogens (tertiary/aromatic N) is 3. The molecule has 0 radical (unpaired) electrons. The van der Waals surface area contributed by atoms with Crippen molar-refractivity contribution in [2.45, 2.75) is 119 Å². The van der Waals surface area contributed by atoms with Gasteiger partial charge < -0.3 is 5.11 Å². The molecule has 0 saturated heterocycles. The van der Waals surface area contributed by atoms with Crippen LogP contribution in [0, 0.1) is 13.7 Å². The Balaban J connectivity index is 1.50. The van der Waals surface area contributed by atoms with Crippen LogP contribution in [0.2, 0.25) is 0 Å². The zero-order valence-electron chi connectivity index (χ0n) is 55.4. The topological polar surface area (TPSA) is 50.9 Å². The molecule has 0 atom stereocenters. The van der Waals surface area contributed by atoms with E-state index in [1.807, 2.05) is 26.8 Å². The van der Waals surface area contributed by atoms with Crippen molar-refractivity contribution in [2.75, 3.05) is 0 Å². The van der Waals surface area contributed by atoms with E-state index in [-0.39, 0.29) is 45.2 Å². The molecule has 4 heteroatoms. The number of rotatable bonds is 10. The average molecular weight is 861 g/mol. The predicted molar refractivity (Wildman–Crippen MR) is 272 cm³/mol. The molecule has 0 bridgehead atoms. The average Bonchev–Trinajstić information content (AvgIpc) is 3.85. The lowest BCUT2D eigenvalue weighted by atomic mass is 9.83. The number of benzene rings is 6. The highest BCUT2D eigenvalue weighted by molar-refractivity contribution is 5.97. The minimum Gasteiger partial charge on any atom is -0.507 e. The number of imidazole rings is 1. The zero-order chi connectivity index (χ0) is 60.6. The predicted octanol–water partition coefficient (Wildman–Crippen LogP) is 16.9. The van der Waals surface area contributed by atoms with Gasteiger partial charge in [0.05, 0.1) is 37.6 Å². The lowest BCUT2D eigenvalue weighted by molar-refractivity contribution is 0.466. The van der Waals surface area contributed by atoms with Gasteiger partial charge in [0.1, 0.15) is 11.6 Å². The number of pyridine rings is 1. The third kappa shape index (κ3) is 8.43. The number of hydrogen-bond donors (Lipinski definition) is 1. The molecule has 326 valence electrons. The summed E-state index contributed by atoms with van der Waals surface area (Å²) in [4.78, 5) is 9.72. The molecule has 2 aromatic heterocycles. The lowest BCUT2D eigenvalue weighted by Gasteiger charge is -2.22. The minimum atomic E-state index is -3.02. The summed E-state index contributed by atoms with van der Waals surface area (Å²) < 4.78 is 152. The van der Waals surface area contributed by atoms with Gasteiger partial charge in [0.25, 0.3) is 0 Å². The van der Waals surface area contributed by atoms with Crippen LogP contribution in [0.25, 0.3) is 72.7 Å². The maximum absolute atomic E-state index is 12.5. The molecule has 0 fully saturated rings. The van der Waals surface area contributed by atoms with E-state index in [1.54, 1.807) is 139 Å². The van der Waals surface area contributed by atoms with E-state index in [0.717, 1.165) is 0 Å². The number of aryl methyl sites for hydroxylation is 1. The number of hydrogen-bond acceptors (Lipinski definition) is 3. The van der Waals surface area contributed by atoms with E-state index in [9.17, 15) is 12.0 Å². The fourth-order valence-corrected chi connectivity index (χ4v) is 8.18. The molecule has 0 aliphatic carbocycles. The third-order valence-electron chi connectivity index (χ3n) is 11.7. The summed E-state index contributed by atoms with van der Waals surface area (Å²) in [6.07, 6.45) is -0.656. The van der Waals surface area contributed by atoms with Crippen molar-refractivity contribution < 1.29 is 28.4 Å². The molecule has 0 aliphatic rings. The maximum atomic E-state index is 12.5. The van der Waals surface area contributed by atoms with E-state index in [1.165, 1.54) is 0 Å². The molecule has 4 nitrogen and oxygen atoms in total. The van der Waals surface area contributed by atoms with Crippen LogP contribution >= 0.6 is 0 Å². The SMILES string of the molecule is [2H]c1nc(-c2cc(-c3cccc4c3nc(-c3cc(C([2H])(C)C)cc(C([2H])(C)C)c3O)n4-c3ccc(-c4c(C([2H])(C)C)cccc4C([2H])(C)C)cc3C([2H])([2H])[2H])cc(C(C)(C)C)c2)c([2H])c(-c2c([2H])c([2H])c(C([2H])([2H])[2H])c([2H])c2[2H])c1[2H]. The number of para-hydroxylation sites is 1. The van der Waals surface area contributed by atoms with Crippen LogP contribution in [0.1, 0.15) is 162 Å². The molecular formula is C60H65N3O. The fraction of sp³-hybridized carbons (Fsp3) is 0.300. The molecule has 0 unspecified atom stereocenters. The second-order valence-corrected chi connectivity index (χ2v) is 18.3. The fourth-order valence-electron chi connectivity index (χ4n) is 8.18. The van der Waals surface area contributed by atoms with Gasteiger partial charge in [-0.3, -0.25) is 9.55 Å². The number of aromatic nitrogens is 3. The highest BCUT2D eigenvalue weighted by Gasteiger charge is 2.26. The Hall–Kier alpha value is -6.26. The van der Waals surface area contributed by atoms with Gasteiger partial charge in [-0.1, -0.05) is 154 Å². The van der Waals surface area contributed by atoms with E-state index < -0.39 is 102 Å². The first kappa shape index (κ1) is 27.8. The van der Waals surface area contributed by atoms with Crippen molar-refractivity contribution in [3.05, 3.63) is 166 Å². The Morgan fingerprint density at radius 2 is 1.33 bits per heavy atom. The van der Waals surface area contributed by atoms with Gasteiger partial charge in [-0.2, -0.15) is 0 Å². The van der Waals surface area contributed by atoms with Crippen LogP contribution in [0.3, 0.4) is 0 Å². The van der Waals surface area contributed by atoms with Gasteiger partial charge in [0, 0.05) is 31.0 Å². The second-order valence-electron chi connectivity index (χ2n) is 18.3. The maximum Gasteiger partial charge on any atom is 0.149 e. The largest absolute Gasteiger partial charge is 0.507 e. The summed E-state index contributed by atoms with van der Waals surface area (Å²) >= 11 is 0. The number of phenols is 1. The van der Waals surface area contributed by atoms with Gasteiger partial charge in [-0.15, -0.1) is 0 Å². The van der Waals surface area contributed by atoms with Crippen LogP contribution in [-0.2, 0) is 5.41 Å². The van der Waals surface area contributed by atoms with Gasteiger partial charge in [0.2, 0.25) is 0 Å². The van der Waals surface area contributed by atoms with Crippen LogP contribution in [-0.4, -0.2) is 19.6 Å². The Morgan fingerprint density at radius 3 is 1.97 bits per heavy atom. The normalized spacial score (nSPS) is 17.0. The molecule has 0 spiro atoms. The number of phenolic OH excluding ortho intramolecular Hbond substituents is 1. The summed E-state index contributed by atoms with van der Waals surface area (Å²) in [6, 6.07) is 19.7. The highest BCUT2D eigenvalue weighted by Crippen LogP contribution is 2.45. The molecule has 0 saturated carbocycles. The van der Waals surface area contributed by atoms with Gasteiger partial charge in [0.15, 0.2) is 0 Å². The molecule has 8 rings (SSSR count). The van der Waals surface area contributed by atoms with Crippen molar-refractivity contribution in [1.82, 2.24) is 14.5 Å². The smallest absolute Gasteiger partial charge is 0.149 e. The summed E-state index contributed by atoms with van der Waals surface area (Å²) in [7, 11) is 0. The zero-order valence-corrected chi connectivity index (χ0v) is 38.4. The molecule has 0 amide bonds. The van der Waals surface area contributed by atoms with Crippen molar-refractivity contribution >= 4 is 11.0 Å². The summed E-state index contributed by atoms with van der Waals surface area (Å²) in [6.45, 7) is 13.5. The number of aromatic hydroxyl groups is 1. The van der Waals surface area contributed by atoms with E-state index >= 15 is 0 Å². The molecule has 6 aromatic carbocycles. The first-order chi connectivity index (χ1) is 37.0. The standard InChI is InChI=1S/C60H65N3O/c1-35(2)44-32-51(38(7)8)58(64)52(33-44)59-62-57-50(45-29-46(31-47(30-45)60(11,12)13)53-34-42(26-27-61-53)41-22-20-39(9)21-23-41)18-15-19-55(57)63(59)54-25-24-43(28-40(54)10)56-48(36(3)4)16-14-17-49(56)37(5)6/h14-38,64H,1-13H3/i9D3,10D3,20D,21D,22D,23D,26D,27D,34D,35D,36D,37D,38D. The third-order valence-corrected chi connectivity index (χ3v) is 11.7. The second kappa shape index (κ2) is 17.4. The Morgan fingerprint density at radius 1 is 0.641 bits per heavy atom. The van der Waals surface area contributed by atoms with Crippen LogP contribution in [0.4, 0.5) is 0 Å². The summed E-state index contributed by atoms with van der Waals surface area (Å²) in [5, 5.41) is 12.5. The molecule has 8 aromatic rings. The van der Waals surface area contributed by atoms with Crippen molar-refractivity contribution in [3.8, 4) is 67.5 Å². The first-order valence-corrected chi connectivity index (χ1v) is 21.4. The molecule has 0 aliphatic heterocycles. The van der Waals surface area contributed by atoms with Crippen LogP contribution in [0.5, 0.6) is 5.75 Å². The molecular weight excluding hydrogens is 779 g/mol. The van der Waals surface area contributed by atoms with Gasteiger partial charge in [-0.05, 0) is 152 Å². The molecule has 64 heavy (non-hydrogen) atoms. The molecule has 1 N–H and O–H groups in total. The van der Waals surface area contributed by atoms with Crippen molar-refractivity contribution in [1.29, 1.82) is 0 Å². The Bertz CT molecular complexity index is 3800. The van der Waals surface area contributed by atoms with Crippen LogP contribution < -0.4 is 0 Å². The number of fused-ring (bicyclic) bond motifs is 1. The lowest BCUT2D eigenvalue weighted by Crippen LogP contribution is -2.11. The summed E-state index contributed by atoms with van der Waals surface area (Å²) in [5.74, 6) is -5.25. The highest BCUT2D eigenvalue weighted by atomic mass is 16.3. The minimum absolute atomic E-state index is 0.0618. The molecule has 2 heterocycles. The Kier molecular flexibility index (Phi) is 7.55. The van der Waals surface area contributed by atoms with E-state index in [4.69, 9.17) is 21.4 Å². The monoisotopic (exact) mass is 861 g/mol. The van der Waals surface area contributed by atoms with Gasteiger partial charge in [-0.25, -0.2) is 4.98 Å². The first-order valence-electron chi connectivity index (χ1n) is 29.9. The van der Waals surface area contributed by atoms with Crippen LogP contribution in [0.15, 0.2) is 127 Å².